The summed E-state index contributed by atoms with van der Waals surface area (Å²) in [5.41, 5.74) is 0. The Hall–Kier alpha value is 0.909. The molecule has 0 heterocycles. The van der Waals surface area contributed by atoms with E-state index >= 15 is 0 Å². The fourth-order valence-corrected chi connectivity index (χ4v) is 1.35. The first-order chi connectivity index (χ1) is 4.50. The van der Waals surface area contributed by atoms with Gasteiger partial charge in [-0.05, 0) is 22.1 Å². The molecule has 0 rings (SSSR count). The number of hydrogen-bond donors (Lipinski definition) is 1. The van der Waals surface area contributed by atoms with Crippen LogP contribution < -0.4 is 19.6 Å². The van der Waals surface area contributed by atoms with E-state index in [9.17, 15) is 28.7 Å². The van der Waals surface area contributed by atoms with Crippen molar-refractivity contribution in [1.29, 1.82) is 0 Å². The van der Waals surface area contributed by atoms with Crippen molar-refractivity contribution in [3.05, 3.63) is 0 Å². The molecule has 0 saturated heterocycles. The molecule has 71 valence electrons. The zero-order valence-corrected chi connectivity index (χ0v) is 9.32. The van der Waals surface area contributed by atoms with E-state index < -0.39 is 20.3 Å². The molecule has 0 aromatic rings. The molecule has 0 aliphatic carbocycles. The van der Waals surface area contributed by atoms with Gasteiger partial charge in [0, 0.05) is 0 Å². The number of rotatable bonds is 2. The van der Waals surface area contributed by atoms with E-state index in [0.29, 0.717) is 0 Å². The summed E-state index contributed by atoms with van der Waals surface area (Å²) in [5, 5.41) is 4.68. The van der Waals surface area contributed by atoms with E-state index in [4.69, 9.17) is 5.11 Å². The van der Waals surface area contributed by atoms with Crippen molar-refractivity contribution in [2.24, 2.45) is 0 Å². The fourth-order valence-electron chi connectivity index (χ4n) is 0.150. The van der Waals surface area contributed by atoms with E-state index in [1.165, 1.54) is 0 Å². The van der Waals surface area contributed by atoms with Crippen molar-refractivity contribution in [3.63, 3.8) is 0 Å². The Morgan fingerprint density at radius 1 is 1.08 bits per heavy atom. The van der Waals surface area contributed by atoms with Crippen LogP contribution in [0.3, 0.4) is 0 Å². The van der Waals surface area contributed by atoms with Crippen LogP contribution in [0, 0.1) is 0 Å². The summed E-state index contributed by atoms with van der Waals surface area (Å²) in [6.45, 7) is 0.133. The molecule has 1 radical (unpaired) electrons. The maximum absolute atomic E-state index is 9.95. The topological polar surface area (TPSA) is 147 Å². The first-order valence-electron chi connectivity index (χ1n) is 2.27. The van der Waals surface area contributed by atoms with Crippen LogP contribution in [0.2, 0.25) is 0 Å². The first kappa shape index (κ1) is 15.4. The fraction of sp³-hybridized carbons (Fsp3) is 1.00. The Morgan fingerprint density at radius 3 is 1.25 bits per heavy atom. The third-order valence-electron chi connectivity index (χ3n) is 1.04. The normalized spacial score (nSPS) is 13.8. The Bertz CT molecular complexity index is 212. The third-order valence-corrected chi connectivity index (χ3v) is 4.58. The van der Waals surface area contributed by atoms with Crippen molar-refractivity contribution in [1.82, 2.24) is 0 Å². The molecule has 0 spiro atoms. The number of aliphatic hydroxyl groups is 1. The van der Waals surface area contributed by atoms with Crippen LogP contribution in [-0.2, 0) is 29.2 Å². The van der Waals surface area contributed by atoms with Gasteiger partial charge in [0.05, 0.1) is 0 Å². The van der Waals surface area contributed by atoms with Crippen LogP contribution in [0.5, 0.6) is 0 Å². The van der Waals surface area contributed by atoms with Crippen LogP contribution in [-0.4, -0.2) is 10.2 Å². The number of hydrogen-bond acceptors (Lipinski definition) is 7. The Labute approximate surface area is 81.5 Å². The summed E-state index contributed by atoms with van der Waals surface area (Å²) in [6.07, 6.45) is 0. The SMILES string of the molecule is CC(O)(P(=O)([O-])[O-])P(=O)([O-])[O-].[99Tc+4]. The Morgan fingerprint density at radius 2 is 1.25 bits per heavy atom. The quantitative estimate of drug-likeness (QED) is 0.520. The van der Waals surface area contributed by atoms with Crippen molar-refractivity contribution >= 4 is 15.2 Å². The van der Waals surface area contributed by atoms with Gasteiger partial charge >= 0.3 is 20.1 Å². The molecule has 10 heteroatoms. The van der Waals surface area contributed by atoms with Crippen LogP contribution in [0.15, 0.2) is 0 Å². The molecule has 12 heavy (non-hydrogen) atoms. The average molecular weight is 301 g/mol. The van der Waals surface area contributed by atoms with Gasteiger partial charge in [0.1, 0.15) is 5.08 Å². The maximum atomic E-state index is 9.95. The Balaban J connectivity index is 0. The second-order valence-electron chi connectivity index (χ2n) is 1.97. The molecule has 0 amide bonds. The van der Waals surface area contributed by atoms with Crippen molar-refractivity contribution in [3.8, 4) is 0 Å². The molecule has 0 aliphatic heterocycles. The van der Waals surface area contributed by atoms with Crippen molar-refractivity contribution < 1.29 is 53.9 Å². The van der Waals surface area contributed by atoms with Gasteiger partial charge in [0.2, 0.25) is 0 Å². The predicted molar refractivity (Wildman–Crippen MR) is 25.8 cm³/mol. The van der Waals surface area contributed by atoms with Gasteiger partial charge in [-0.1, -0.05) is 0 Å². The zero-order valence-electron chi connectivity index (χ0n) is 5.67. The summed E-state index contributed by atoms with van der Waals surface area (Å²) >= 11 is 0. The van der Waals surface area contributed by atoms with E-state index in [1.54, 1.807) is 0 Å². The summed E-state index contributed by atoms with van der Waals surface area (Å²) in [6, 6.07) is 0. The van der Waals surface area contributed by atoms with Gasteiger partial charge in [0.15, 0.2) is 0 Å². The molecule has 0 atom stereocenters. The molecule has 0 unspecified atom stereocenters. The molecule has 0 aliphatic rings. The van der Waals surface area contributed by atoms with Gasteiger partial charge in [-0.15, -0.1) is 0 Å². The monoisotopic (exact) mass is 301 g/mol. The second kappa shape index (κ2) is 3.96. The van der Waals surface area contributed by atoms with Crippen LogP contribution >= 0.6 is 15.2 Å². The van der Waals surface area contributed by atoms with Crippen molar-refractivity contribution in [2.45, 2.75) is 12.0 Å². The minimum absolute atomic E-state index is 0. The van der Waals surface area contributed by atoms with Gasteiger partial charge < -0.3 is 33.8 Å². The molecule has 0 saturated carbocycles. The maximum Gasteiger partial charge on any atom is 4.00 e. The van der Waals surface area contributed by atoms with E-state index in [1.807, 2.05) is 0 Å². The van der Waals surface area contributed by atoms with E-state index in [2.05, 4.69) is 0 Å². The second-order valence-corrected chi connectivity index (χ2v) is 6.05. The Kier molecular flexibility index (Phi) is 5.08. The molecule has 0 aromatic carbocycles. The van der Waals surface area contributed by atoms with Crippen LogP contribution in [0.4, 0.5) is 0 Å². The minimum Gasteiger partial charge on any atom is -0.808 e. The van der Waals surface area contributed by atoms with Gasteiger partial charge in [-0.2, -0.15) is 0 Å². The summed E-state index contributed by atoms with van der Waals surface area (Å²) in [7, 11) is -11.6. The van der Waals surface area contributed by atoms with Gasteiger partial charge in [-0.25, -0.2) is 0 Å². The summed E-state index contributed by atoms with van der Waals surface area (Å²) in [4.78, 5) is 39.8. The van der Waals surface area contributed by atoms with E-state index in [0.717, 1.165) is 0 Å². The molecule has 0 fully saturated rings. The molecular formula is C2H4O7P2Tc. The van der Waals surface area contributed by atoms with Gasteiger partial charge in [-0.3, -0.25) is 0 Å². The molecule has 0 aromatic heterocycles. The molecule has 0 bridgehead atoms. The van der Waals surface area contributed by atoms with Crippen molar-refractivity contribution in [2.75, 3.05) is 0 Å². The zero-order chi connectivity index (χ0) is 9.50. The molecule has 1 N–H and O–H groups in total. The van der Waals surface area contributed by atoms with Crippen LogP contribution in [0.1, 0.15) is 6.92 Å². The summed E-state index contributed by atoms with van der Waals surface area (Å²) < 4.78 is 19.9. The largest absolute Gasteiger partial charge is 4.00 e. The van der Waals surface area contributed by atoms with E-state index in [-0.39, 0.29) is 27.0 Å². The standard InChI is InChI=1S/C2H8O7P2.Tc/c1-2(3,10(4,5)6)11(7,8)9;/h3H,1H3,(H2,4,5,6)(H2,7,8,9);/q;+4/p-4/i;1+1. The predicted octanol–water partition coefficient (Wildman–Crippen LogP) is -3.52. The average Bonchev–Trinajstić information content (AvgIpc) is 1.58. The molecule has 7 nitrogen and oxygen atoms in total. The smallest absolute Gasteiger partial charge is 0.808 e. The molecular weight excluding hydrogens is 297 g/mol. The minimum atomic E-state index is -5.82. The third kappa shape index (κ3) is 3.00. The van der Waals surface area contributed by atoms with Crippen LogP contribution in [0.25, 0.3) is 0 Å². The first-order valence-corrected chi connectivity index (χ1v) is 5.35. The van der Waals surface area contributed by atoms with Gasteiger partial charge in [0.25, 0.3) is 0 Å². The summed E-state index contributed by atoms with van der Waals surface area (Å²) in [5.74, 6) is 0.